The maximum atomic E-state index is 12.9. The number of benzene rings is 1. The molecule has 1 saturated heterocycles. The molecule has 148 valence electrons. The van der Waals surface area contributed by atoms with E-state index in [-0.39, 0.29) is 18.4 Å². The summed E-state index contributed by atoms with van der Waals surface area (Å²) >= 11 is 0. The van der Waals surface area contributed by atoms with Crippen LogP contribution in [0, 0.1) is 0 Å². The van der Waals surface area contributed by atoms with Crippen LogP contribution < -0.4 is 10.1 Å². The van der Waals surface area contributed by atoms with E-state index in [2.05, 4.69) is 10.4 Å². The summed E-state index contributed by atoms with van der Waals surface area (Å²) in [5.74, 6) is 0.798. The lowest BCUT2D eigenvalue weighted by Crippen LogP contribution is -2.31. The maximum Gasteiger partial charge on any atom is 0.272 e. The number of carbonyl (C=O) groups excluding carboxylic acids is 2. The predicted octanol–water partition coefficient (Wildman–Crippen LogP) is 3.03. The van der Waals surface area contributed by atoms with Crippen LogP contribution in [0.3, 0.4) is 0 Å². The van der Waals surface area contributed by atoms with Crippen LogP contribution in [0.5, 0.6) is 5.75 Å². The Bertz CT molecular complexity index is 866. The number of para-hydroxylation sites is 2. The summed E-state index contributed by atoms with van der Waals surface area (Å²) in [5.41, 5.74) is 2.05. The van der Waals surface area contributed by atoms with E-state index in [1.165, 1.54) is 0 Å². The second kappa shape index (κ2) is 8.04. The molecule has 2 aromatic rings. The largest absolute Gasteiger partial charge is 0.492 e. The fourth-order valence-electron chi connectivity index (χ4n) is 3.57. The zero-order valence-corrected chi connectivity index (χ0v) is 16.2. The lowest BCUT2D eigenvalue weighted by atomic mass is 10.2. The second-order valence-electron chi connectivity index (χ2n) is 7.36. The number of nitrogens with one attached hydrogen (secondary N) is 1. The van der Waals surface area contributed by atoms with Crippen LogP contribution >= 0.6 is 0 Å². The van der Waals surface area contributed by atoms with Gasteiger partial charge in [-0.2, -0.15) is 5.10 Å². The summed E-state index contributed by atoms with van der Waals surface area (Å²) < 4.78 is 7.13. The Balaban J connectivity index is 1.52. The van der Waals surface area contributed by atoms with Crippen LogP contribution in [0.1, 0.15) is 54.7 Å². The standard InChI is InChI=1S/C21H26N4O3/c1-2-28-19-8-4-3-7-16(19)22-20(26)14-25-18(13-17(23-25)15-9-10-15)21(27)24-11-5-6-12-24/h3-4,7-8,13,15H,2,5-6,9-12,14H2,1H3,(H,22,26). The lowest BCUT2D eigenvalue weighted by molar-refractivity contribution is -0.116. The topological polar surface area (TPSA) is 76.5 Å². The van der Waals surface area contributed by atoms with E-state index in [1.54, 1.807) is 10.7 Å². The van der Waals surface area contributed by atoms with Crippen molar-refractivity contribution in [1.82, 2.24) is 14.7 Å². The minimum atomic E-state index is -0.229. The molecule has 0 bridgehead atoms. The van der Waals surface area contributed by atoms with Crippen LogP contribution in [0.25, 0.3) is 0 Å². The van der Waals surface area contributed by atoms with Crippen molar-refractivity contribution >= 4 is 17.5 Å². The monoisotopic (exact) mass is 382 g/mol. The van der Waals surface area contributed by atoms with E-state index in [0.29, 0.717) is 29.7 Å². The molecule has 1 aromatic carbocycles. The van der Waals surface area contributed by atoms with E-state index >= 15 is 0 Å². The molecule has 1 N–H and O–H groups in total. The van der Waals surface area contributed by atoms with Gasteiger partial charge in [0.2, 0.25) is 5.91 Å². The number of nitrogens with zero attached hydrogens (tertiary/aromatic N) is 3. The zero-order chi connectivity index (χ0) is 19.5. The van der Waals surface area contributed by atoms with Gasteiger partial charge in [-0.25, -0.2) is 0 Å². The molecule has 4 rings (SSSR count). The van der Waals surface area contributed by atoms with E-state index < -0.39 is 0 Å². The van der Waals surface area contributed by atoms with Gasteiger partial charge in [0.25, 0.3) is 5.91 Å². The number of hydrogen-bond donors (Lipinski definition) is 1. The van der Waals surface area contributed by atoms with Gasteiger partial charge in [0, 0.05) is 19.0 Å². The van der Waals surface area contributed by atoms with Crippen molar-refractivity contribution in [3.05, 3.63) is 41.7 Å². The SMILES string of the molecule is CCOc1ccccc1NC(=O)Cn1nc(C2CC2)cc1C(=O)N1CCCC1. The Morgan fingerprint density at radius 3 is 2.68 bits per heavy atom. The Labute approximate surface area is 164 Å². The van der Waals surface area contributed by atoms with E-state index in [1.807, 2.05) is 36.1 Å². The van der Waals surface area contributed by atoms with Gasteiger partial charge in [-0.05, 0) is 50.8 Å². The molecule has 7 nitrogen and oxygen atoms in total. The third-order valence-electron chi connectivity index (χ3n) is 5.16. The van der Waals surface area contributed by atoms with Gasteiger partial charge < -0.3 is 15.0 Å². The molecule has 0 atom stereocenters. The highest BCUT2D eigenvalue weighted by Crippen LogP contribution is 2.39. The van der Waals surface area contributed by atoms with Crippen molar-refractivity contribution in [2.45, 2.75) is 45.1 Å². The highest BCUT2D eigenvalue weighted by Gasteiger charge is 2.31. The summed E-state index contributed by atoms with van der Waals surface area (Å²) in [5, 5.41) is 7.47. The van der Waals surface area contributed by atoms with Gasteiger partial charge in [-0.3, -0.25) is 14.3 Å². The highest BCUT2D eigenvalue weighted by molar-refractivity contribution is 5.95. The van der Waals surface area contributed by atoms with Gasteiger partial charge in [-0.1, -0.05) is 12.1 Å². The van der Waals surface area contributed by atoms with Crippen LogP contribution in [0.15, 0.2) is 30.3 Å². The number of amides is 2. The van der Waals surface area contributed by atoms with Gasteiger partial charge in [0.05, 0.1) is 18.0 Å². The molecular formula is C21H26N4O3. The molecule has 1 saturated carbocycles. The molecule has 2 aliphatic rings. The Kier molecular flexibility index (Phi) is 5.32. The zero-order valence-electron chi connectivity index (χ0n) is 16.2. The quantitative estimate of drug-likeness (QED) is 0.799. The number of hydrogen-bond acceptors (Lipinski definition) is 4. The highest BCUT2D eigenvalue weighted by atomic mass is 16.5. The first-order valence-corrected chi connectivity index (χ1v) is 10.0. The molecular weight excluding hydrogens is 356 g/mol. The summed E-state index contributed by atoms with van der Waals surface area (Å²) in [6.45, 7) is 3.97. The molecule has 0 radical (unpaired) electrons. The average molecular weight is 382 g/mol. The third-order valence-corrected chi connectivity index (χ3v) is 5.16. The number of likely N-dealkylation sites (tertiary alicyclic amines) is 1. The van der Waals surface area contributed by atoms with Crippen LogP contribution in [-0.4, -0.2) is 46.2 Å². The van der Waals surface area contributed by atoms with Gasteiger partial charge in [-0.15, -0.1) is 0 Å². The number of ether oxygens (including phenoxy) is 1. The Hall–Kier alpha value is -2.83. The summed E-state index contributed by atoms with van der Waals surface area (Å²) in [4.78, 5) is 27.4. The molecule has 0 spiro atoms. The first kappa shape index (κ1) is 18.5. The van der Waals surface area contributed by atoms with E-state index in [9.17, 15) is 9.59 Å². The van der Waals surface area contributed by atoms with Gasteiger partial charge >= 0.3 is 0 Å². The summed E-state index contributed by atoms with van der Waals surface area (Å²) in [6.07, 6.45) is 4.26. The van der Waals surface area contributed by atoms with Crippen molar-refractivity contribution in [3.63, 3.8) is 0 Å². The van der Waals surface area contributed by atoms with Crippen molar-refractivity contribution < 1.29 is 14.3 Å². The minimum Gasteiger partial charge on any atom is -0.492 e. The Morgan fingerprint density at radius 2 is 1.96 bits per heavy atom. The molecule has 2 heterocycles. The lowest BCUT2D eigenvalue weighted by Gasteiger charge is -2.16. The summed E-state index contributed by atoms with van der Waals surface area (Å²) in [6, 6.07) is 9.21. The van der Waals surface area contributed by atoms with Gasteiger partial charge in [0.15, 0.2) is 0 Å². The second-order valence-corrected chi connectivity index (χ2v) is 7.36. The Morgan fingerprint density at radius 1 is 1.21 bits per heavy atom. The molecule has 2 fully saturated rings. The number of anilines is 1. The number of rotatable bonds is 7. The van der Waals surface area contributed by atoms with Crippen molar-refractivity contribution in [1.29, 1.82) is 0 Å². The molecule has 0 unspecified atom stereocenters. The van der Waals surface area contributed by atoms with Gasteiger partial charge in [0.1, 0.15) is 18.0 Å². The van der Waals surface area contributed by atoms with E-state index in [0.717, 1.165) is 44.5 Å². The predicted molar refractivity (Wildman–Crippen MR) is 106 cm³/mol. The average Bonchev–Trinajstić information content (AvgIpc) is 3.23. The first-order valence-electron chi connectivity index (χ1n) is 10.0. The molecule has 7 heteroatoms. The van der Waals surface area contributed by atoms with E-state index in [4.69, 9.17) is 4.74 Å². The summed E-state index contributed by atoms with van der Waals surface area (Å²) in [7, 11) is 0. The minimum absolute atomic E-state index is 0.00208. The number of aromatic nitrogens is 2. The normalized spacial score (nSPS) is 16.2. The first-order chi connectivity index (χ1) is 13.7. The van der Waals surface area contributed by atoms with Crippen molar-refractivity contribution in [2.24, 2.45) is 0 Å². The fourth-order valence-corrected chi connectivity index (χ4v) is 3.57. The van der Waals surface area contributed by atoms with Crippen molar-refractivity contribution in [2.75, 3.05) is 25.0 Å². The fraction of sp³-hybridized carbons (Fsp3) is 0.476. The maximum absolute atomic E-state index is 12.9. The molecule has 1 aromatic heterocycles. The smallest absolute Gasteiger partial charge is 0.272 e. The molecule has 1 aliphatic heterocycles. The third kappa shape index (κ3) is 4.03. The van der Waals surface area contributed by atoms with Crippen LogP contribution in [0.4, 0.5) is 5.69 Å². The van der Waals surface area contributed by atoms with Crippen molar-refractivity contribution in [3.8, 4) is 5.75 Å². The molecule has 28 heavy (non-hydrogen) atoms. The molecule has 2 amide bonds. The number of carbonyl (C=O) groups is 2. The van der Waals surface area contributed by atoms with Crippen LogP contribution in [0.2, 0.25) is 0 Å². The molecule has 1 aliphatic carbocycles. The van der Waals surface area contributed by atoms with Crippen LogP contribution in [-0.2, 0) is 11.3 Å².